The summed E-state index contributed by atoms with van der Waals surface area (Å²) in [7, 11) is 1.84. The molecule has 2 unspecified atom stereocenters. The lowest BCUT2D eigenvalue weighted by Crippen LogP contribution is -2.40. The monoisotopic (exact) mass is 260 g/mol. The van der Waals surface area contributed by atoms with Crippen molar-refractivity contribution in [2.45, 2.75) is 32.7 Å². The second kappa shape index (κ2) is 4.68. The van der Waals surface area contributed by atoms with Crippen molar-refractivity contribution in [1.82, 2.24) is 20.2 Å². The quantitative estimate of drug-likeness (QED) is 0.864. The molecule has 2 N–H and O–H groups in total. The number of rotatable bonds is 2. The van der Waals surface area contributed by atoms with Crippen LogP contribution in [0.2, 0.25) is 0 Å². The van der Waals surface area contributed by atoms with E-state index in [9.17, 15) is 0 Å². The Bertz CT molecular complexity index is 578. The van der Waals surface area contributed by atoms with Crippen molar-refractivity contribution in [3.8, 4) is 0 Å². The van der Waals surface area contributed by atoms with Gasteiger partial charge >= 0.3 is 0 Å². The zero-order valence-corrected chi connectivity index (χ0v) is 11.6. The summed E-state index contributed by atoms with van der Waals surface area (Å²) < 4.78 is 0. The fraction of sp³-hybridized carbons (Fsp3) is 0.615. The predicted molar refractivity (Wildman–Crippen MR) is 76.4 cm³/mol. The molecule has 0 spiro atoms. The third-order valence-corrected chi connectivity index (χ3v) is 3.92. The Morgan fingerprint density at radius 3 is 2.95 bits per heavy atom. The second-order valence-corrected chi connectivity index (χ2v) is 5.43. The molecule has 0 saturated carbocycles. The van der Waals surface area contributed by atoms with Gasteiger partial charge in [0.2, 0.25) is 5.95 Å². The third kappa shape index (κ3) is 2.11. The smallest absolute Gasteiger partial charge is 0.226 e. The highest BCUT2D eigenvalue weighted by Gasteiger charge is 2.26. The molecule has 2 atom stereocenters. The van der Waals surface area contributed by atoms with Crippen molar-refractivity contribution in [1.29, 1.82) is 0 Å². The summed E-state index contributed by atoms with van der Waals surface area (Å²) in [6.45, 7) is 5.63. The summed E-state index contributed by atoms with van der Waals surface area (Å²) in [4.78, 5) is 11.4. The van der Waals surface area contributed by atoms with Crippen LogP contribution in [0.15, 0.2) is 6.20 Å². The number of H-pyrrole nitrogens is 1. The largest absolute Gasteiger partial charge is 0.357 e. The van der Waals surface area contributed by atoms with E-state index in [1.54, 1.807) is 0 Å². The van der Waals surface area contributed by atoms with Crippen LogP contribution in [0.3, 0.4) is 0 Å². The molecule has 1 saturated heterocycles. The minimum atomic E-state index is 0.501. The van der Waals surface area contributed by atoms with Gasteiger partial charge in [-0.3, -0.25) is 5.10 Å². The van der Waals surface area contributed by atoms with Crippen LogP contribution in [-0.4, -0.2) is 39.8 Å². The number of fused-ring (bicyclic) bond motifs is 1. The number of piperidine rings is 1. The summed E-state index contributed by atoms with van der Waals surface area (Å²) in [6.07, 6.45) is 4.23. The van der Waals surface area contributed by atoms with Gasteiger partial charge in [-0.05, 0) is 25.7 Å². The summed E-state index contributed by atoms with van der Waals surface area (Å²) in [5.41, 5.74) is 0.792. The van der Waals surface area contributed by atoms with Crippen molar-refractivity contribution in [3.63, 3.8) is 0 Å². The van der Waals surface area contributed by atoms with E-state index >= 15 is 0 Å². The van der Waals surface area contributed by atoms with Crippen molar-refractivity contribution < 1.29 is 0 Å². The Morgan fingerprint density at radius 1 is 1.37 bits per heavy atom. The van der Waals surface area contributed by atoms with Gasteiger partial charge in [-0.25, -0.2) is 0 Å². The highest BCUT2D eigenvalue weighted by molar-refractivity contribution is 5.87. The Hall–Kier alpha value is -1.85. The minimum Gasteiger partial charge on any atom is -0.357 e. The SMILES string of the molecule is CNc1nc(N2CCC(C)CC2C)c2cn[nH]c2n1. The Morgan fingerprint density at radius 2 is 2.21 bits per heavy atom. The van der Waals surface area contributed by atoms with E-state index in [-0.39, 0.29) is 0 Å². The fourth-order valence-corrected chi connectivity index (χ4v) is 2.87. The molecule has 3 heterocycles. The van der Waals surface area contributed by atoms with Crippen LogP contribution < -0.4 is 10.2 Å². The maximum Gasteiger partial charge on any atom is 0.226 e. The van der Waals surface area contributed by atoms with Gasteiger partial charge in [-0.15, -0.1) is 0 Å². The maximum absolute atomic E-state index is 4.63. The molecule has 1 fully saturated rings. The number of aromatic amines is 1. The van der Waals surface area contributed by atoms with Gasteiger partial charge in [0.05, 0.1) is 11.6 Å². The number of aromatic nitrogens is 4. The molecule has 1 aliphatic rings. The first-order chi connectivity index (χ1) is 9.19. The predicted octanol–water partition coefficient (Wildman–Crippen LogP) is 2.02. The van der Waals surface area contributed by atoms with E-state index in [2.05, 4.69) is 44.2 Å². The molecule has 0 radical (unpaired) electrons. The van der Waals surface area contributed by atoms with Gasteiger partial charge in [0.25, 0.3) is 0 Å². The molecule has 0 bridgehead atoms. The van der Waals surface area contributed by atoms with Gasteiger partial charge in [0.1, 0.15) is 5.82 Å². The molecule has 0 aromatic carbocycles. The van der Waals surface area contributed by atoms with Gasteiger partial charge in [0.15, 0.2) is 5.65 Å². The van der Waals surface area contributed by atoms with Crippen LogP contribution in [0.1, 0.15) is 26.7 Å². The van der Waals surface area contributed by atoms with Crippen LogP contribution in [0.25, 0.3) is 11.0 Å². The normalized spacial score (nSPS) is 23.8. The van der Waals surface area contributed by atoms with Crippen LogP contribution in [0.5, 0.6) is 0 Å². The van der Waals surface area contributed by atoms with Crippen molar-refractivity contribution in [3.05, 3.63) is 6.20 Å². The zero-order chi connectivity index (χ0) is 13.4. The van der Waals surface area contributed by atoms with Gasteiger partial charge in [-0.1, -0.05) is 6.92 Å². The van der Waals surface area contributed by atoms with E-state index in [0.717, 1.165) is 29.3 Å². The molecule has 2 aromatic heterocycles. The van der Waals surface area contributed by atoms with Crippen molar-refractivity contribution in [2.24, 2.45) is 5.92 Å². The van der Waals surface area contributed by atoms with Crippen LogP contribution >= 0.6 is 0 Å². The molecule has 1 aliphatic heterocycles. The highest BCUT2D eigenvalue weighted by atomic mass is 15.3. The lowest BCUT2D eigenvalue weighted by atomic mass is 9.93. The average Bonchev–Trinajstić information content (AvgIpc) is 2.86. The van der Waals surface area contributed by atoms with Crippen LogP contribution in [-0.2, 0) is 0 Å². The number of nitrogens with one attached hydrogen (secondary N) is 2. The first-order valence-corrected chi connectivity index (χ1v) is 6.84. The molecule has 102 valence electrons. The second-order valence-electron chi connectivity index (χ2n) is 5.43. The number of anilines is 2. The van der Waals surface area contributed by atoms with E-state index in [1.807, 2.05) is 13.2 Å². The molecular weight excluding hydrogens is 240 g/mol. The van der Waals surface area contributed by atoms with Gasteiger partial charge in [0, 0.05) is 19.6 Å². The Labute approximate surface area is 112 Å². The number of nitrogens with zero attached hydrogens (tertiary/aromatic N) is 4. The lowest BCUT2D eigenvalue weighted by Gasteiger charge is -2.37. The summed E-state index contributed by atoms with van der Waals surface area (Å²) in [6, 6.07) is 0.501. The summed E-state index contributed by atoms with van der Waals surface area (Å²) >= 11 is 0. The topological polar surface area (TPSA) is 69.7 Å². The van der Waals surface area contributed by atoms with Gasteiger partial charge < -0.3 is 10.2 Å². The summed E-state index contributed by atoms with van der Waals surface area (Å²) in [5, 5.41) is 11.0. The standard InChI is InChI=1S/C13H20N6/c1-8-4-5-19(9(2)6-8)12-10-7-15-18-11(10)16-13(14-3)17-12/h7-9H,4-6H2,1-3H3,(H2,14,15,16,17,18). The maximum atomic E-state index is 4.63. The zero-order valence-electron chi connectivity index (χ0n) is 11.6. The molecule has 19 heavy (non-hydrogen) atoms. The lowest BCUT2D eigenvalue weighted by molar-refractivity contribution is 0.376. The molecule has 3 rings (SSSR count). The molecular formula is C13H20N6. The highest BCUT2D eigenvalue weighted by Crippen LogP contribution is 2.31. The molecule has 6 nitrogen and oxygen atoms in total. The Kier molecular flexibility index (Phi) is 3.00. The molecule has 2 aromatic rings. The van der Waals surface area contributed by atoms with Gasteiger partial charge in [-0.2, -0.15) is 15.1 Å². The Balaban J connectivity index is 2.05. The van der Waals surface area contributed by atoms with Crippen LogP contribution in [0.4, 0.5) is 11.8 Å². The fourth-order valence-electron chi connectivity index (χ4n) is 2.87. The van der Waals surface area contributed by atoms with Crippen LogP contribution in [0, 0.1) is 5.92 Å². The van der Waals surface area contributed by atoms with E-state index in [4.69, 9.17) is 0 Å². The first-order valence-electron chi connectivity index (χ1n) is 6.84. The minimum absolute atomic E-state index is 0.501. The van der Waals surface area contributed by atoms with Crippen molar-refractivity contribution >= 4 is 22.8 Å². The first kappa shape index (κ1) is 12.2. The summed E-state index contributed by atoms with van der Waals surface area (Å²) in [5.74, 6) is 2.41. The number of hydrogen-bond acceptors (Lipinski definition) is 5. The van der Waals surface area contributed by atoms with E-state index in [0.29, 0.717) is 12.0 Å². The molecule has 6 heteroatoms. The number of hydrogen-bond donors (Lipinski definition) is 2. The van der Waals surface area contributed by atoms with E-state index in [1.165, 1.54) is 12.8 Å². The van der Waals surface area contributed by atoms with Crippen molar-refractivity contribution in [2.75, 3.05) is 23.8 Å². The average molecular weight is 260 g/mol. The molecule has 0 amide bonds. The van der Waals surface area contributed by atoms with E-state index < -0.39 is 0 Å². The molecule has 0 aliphatic carbocycles. The third-order valence-electron chi connectivity index (χ3n) is 3.92.